The van der Waals surface area contributed by atoms with Crippen LogP contribution in [0.3, 0.4) is 0 Å². The average molecular weight is 354 g/mol. The van der Waals surface area contributed by atoms with Gasteiger partial charge in [-0.3, -0.25) is 0 Å². The van der Waals surface area contributed by atoms with Crippen molar-refractivity contribution in [3.05, 3.63) is 0 Å². The Morgan fingerprint density at radius 2 is 1.50 bits per heavy atom. The molecule has 0 rings (SSSR count). The van der Waals surface area contributed by atoms with Gasteiger partial charge in [-0.2, -0.15) is 0 Å². The van der Waals surface area contributed by atoms with Gasteiger partial charge in [0, 0.05) is 0 Å². The van der Waals surface area contributed by atoms with Crippen LogP contribution in [0.2, 0.25) is 10.3 Å². The average Bonchev–Trinajstić information content (AvgIpc) is 0.811. The maximum absolute atomic E-state index is 2.49. The molecular formula is C2H6AuI. The second-order valence-corrected chi connectivity index (χ2v) is 15.0. The molecule has 0 aliphatic heterocycles. The molecule has 0 radical (unpaired) electrons. The van der Waals surface area contributed by atoms with E-state index in [1.807, 2.05) is 0 Å². The standard InChI is InChI=1S/2CH3.Au.HI/h2*1H3;;1H/q;;+1;/p-1. The monoisotopic (exact) mass is 354 g/mol. The first-order valence-corrected chi connectivity index (χ1v) is 11.2. The van der Waals surface area contributed by atoms with Crippen molar-refractivity contribution in [2.24, 2.45) is 0 Å². The molecule has 0 nitrogen and oxygen atoms in total. The molecule has 0 aliphatic carbocycles. The van der Waals surface area contributed by atoms with Crippen LogP contribution in [0, 0.1) is 0 Å². The summed E-state index contributed by atoms with van der Waals surface area (Å²) in [6.45, 7) is 0. The van der Waals surface area contributed by atoms with Gasteiger partial charge in [0.15, 0.2) is 0 Å². The van der Waals surface area contributed by atoms with E-state index in [1.165, 1.54) is 0 Å². The third kappa shape index (κ3) is 9.80. The first-order valence-electron chi connectivity index (χ1n) is 0.717. The van der Waals surface area contributed by atoms with E-state index in [4.69, 9.17) is 0 Å². The maximum atomic E-state index is 2.49. The van der Waals surface area contributed by atoms with Crippen molar-refractivity contribution in [1.82, 2.24) is 0 Å². The Labute approximate surface area is 43.6 Å². The summed E-state index contributed by atoms with van der Waals surface area (Å²) < 4.78 is 0. The molecule has 2 heteroatoms. The number of rotatable bonds is 0. The van der Waals surface area contributed by atoms with Crippen molar-refractivity contribution in [2.75, 3.05) is 0 Å². The van der Waals surface area contributed by atoms with E-state index in [0.29, 0.717) is 0 Å². The minimum atomic E-state index is -0.234. The van der Waals surface area contributed by atoms with Crippen LogP contribution >= 0.6 is 19.0 Å². The molecule has 0 unspecified atom stereocenters. The van der Waals surface area contributed by atoms with Crippen LogP contribution in [0.4, 0.5) is 0 Å². The topological polar surface area (TPSA) is 0 Å². The minimum absolute atomic E-state index is 0.234. The van der Waals surface area contributed by atoms with Crippen molar-refractivity contribution in [2.45, 2.75) is 10.3 Å². The van der Waals surface area contributed by atoms with Crippen LogP contribution in [-0.2, 0) is 14.6 Å². The predicted molar refractivity (Wildman–Crippen MR) is 25.7 cm³/mol. The second-order valence-electron chi connectivity index (χ2n) is 0.529. The van der Waals surface area contributed by atoms with Crippen LogP contribution in [0.15, 0.2) is 0 Å². The molecule has 0 N–H and O–H groups in total. The molecule has 0 saturated heterocycles. The molecule has 0 fully saturated rings. The zero-order valence-electron chi connectivity index (χ0n) is 2.68. The Morgan fingerprint density at radius 3 is 1.50 bits per heavy atom. The summed E-state index contributed by atoms with van der Waals surface area (Å²) in [5, 5.41) is 4.60. The molecule has 32 valence electrons. The summed E-state index contributed by atoms with van der Waals surface area (Å²) >= 11 is 2.26. The molecule has 0 spiro atoms. The van der Waals surface area contributed by atoms with Gasteiger partial charge in [-0.25, -0.2) is 0 Å². The summed E-state index contributed by atoms with van der Waals surface area (Å²) in [5.41, 5.74) is 0. The van der Waals surface area contributed by atoms with Crippen LogP contribution in [0.5, 0.6) is 0 Å². The van der Waals surface area contributed by atoms with Gasteiger partial charge in [0.05, 0.1) is 0 Å². The van der Waals surface area contributed by atoms with Crippen molar-refractivity contribution in [3.63, 3.8) is 0 Å². The van der Waals surface area contributed by atoms with Gasteiger partial charge in [0.2, 0.25) is 0 Å². The van der Waals surface area contributed by atoms with Gasteiger partial charge in [0.25, 0.3) is 0 Å². The quantitative estimate of drug-likeness (QED) is 0.462. The van der Waals surface area contributed by atoms with Crippen molar-refractivity contribution >= 4 is 19.0 Å². The van der Waals surface area contributed by atoms with Crippen molar-refractivity contribution in [3.8, 4) is 0 Å². The van der Waals surface area contributed by atoms with Crippen LogP contribution in [0.1, 0.15) is 0 Å². The predicted octanol–water partition coefficient (Wildman–Crippen LogP) is 2.05. The molecule has 0 heterocycles. The fourth-order valence-corrected chi connectivity index (χ4v) is 0. The molecule has 0 bridgehead atoms. The molecule has 0 aromatic rings. The number of hydrogen-bond donors (Lipinski definition) is 0. The SMILES string of the molecule is [CH3][Au]([CH3])[I]. The third-order valence-corrected chi connectivity index (χ3v) is 0. The van der Waals surface area contributed by atoms with E-state index in [9.17, 15) is 0 Å². The van der Waals surface area contributed by atoms with Crippen molar-refractivity contribution in [1.29, 1.82) is 0 Å². The van der Waals surface area contributed by atoms with Gasteiger partial charge >= 0.3 is 43.9 Å². The van der Waals surface area contributed by atoms with E-state index in [-0.39, 0.29) is 14.6 Å². The first kappa shape index (κ1) is 5.47. The summed E-state index contributed by atoms with van der Waals surface area (Å²) in [6, 6.07) is 0. The summed E-state index contributed by atoms with van der Waals surface area (Å²) in [7, 11) is 0. The van der Waals surface area contributed by atoms with E-state index in [0.717, 1.165) is 0 Å². The van der Waals surface area contributed by atoms with Crippen molar-refractivity contribution < 1.29 is 14.6 Å². The van der Waals surface area contributed by atoms with Crippen LogP contribution in [0.25, 0.3) is 0 Å². The van der Waals surface area contributed by atoms with Gasteiger partial charge in [-0.15, -0.1) is 0 Å². The molecular weight excluding hydrogens is 348 g/mol. The number of hydrogen-bond acceptors (Lipinski definition) is 0. The van der Waals surface area contributed by atoms with Crippen LogP contribution in [-0.4, -0.2) is 0 Å². The summed E-state index contributed by atoms with van der Waals surface area (Å²) in [6.07, 6.45) is 0. The van der Waals surface area contributed by atoms with Gasteiger partial charge in [-0.1, -0.05) is 0 Å². The fraction of sp³-hybridized carbons (Fsp3) is 1.00. The molecule has 0 aliphatic rings. The van der Waals surface area contributed by atoms with E-state index in [2.05, 4.69) is 29.3 Å². The van der Waals surface area contributed by atoms with E-state index >= 15 is 0 Å². The Kier molecular flexibility index (Phi) is 3.68. The van der Waals surface area contributed by atoms with E-state index < -0.39 is 0 Å². The zero-order valence-corrected chi connectivity index (χ0v) is 7.00. The molecule has 0 amide bonds. The summed E-state index contributed by atoms with van der Waals surface area (Å²) in [4.78, 5) is 0. The molecule has 0 atom stereocenters. The van der Waals surface area contributed by atoms with Gasteiger partial charge in [0.1, 0.15) is 0 Å². The molecule has 0 aromatic heterocycles. The molecule has 0 aromatic carbocycles. The Hall–Kier alpha value is 1.47. The van der Waals surface area contributed by atoms with E-state index in [1.54, 1.807) is 0 Å². The third-order valence-electron chi connectivity index (χ3n) is 0. The number of halogens is 1. The Morgan fingerprint density at radius 1 is 1.50 bits per heavy atom. The zero-order chi connectivity index (χ0) is 3.58. The Bertz CT molecular complexity index is 10.8. The summed E-state index contributed by atoms with van der Waals surface area (Å²) in [5.74, 6) is 0. The molecule has 0 saturated carbocycles. The van der Waals surface area contributed by atoms with Gasteiger partial charge in [-0.05, 0) is 0 Å². The molecule has 4 heavy (non-hydrogen) atoms. The second kappa shape index (κ2) is 2.69. The first-order chi connectivity index (χ1) is 1.73. The fourth-order valence-electron chi connectivity index (χ4n) is 0. The van der Waals surface area contributed by atoms with Gasteiger partial charge < -0.3 is 0 Å². The normalized spacial score (nSPS) is 11.2. The Balaban J connectivity index is 2.32. The van der Waals surface area contributed by atoms with Crippen LogP contribution < -0.4 is 0 Å².